The lowest BCUT2D eigenvalue weighted by molar-refractivity contribution is 0.228. The van der Waals surface area contributed by atoms with Crippen molar-refractivity contribution in [2.45, 2.75) is 32.2 Å². The summed E-state index contributed by atoms with van der Waals surface area (Å²) in [6.45, 7) is 3.95. The molecule has 2 heteroatoms. The molecule has 2 nitrogen and oxygen atoms in total. The Morgan fingerprint density at radius 2 is 2.33 bits per heavy atom. The first-order valence-corrected chi connectivity index (χ1v) is 4.34. The molecule has 0 fully saturated rings. The Balaban J connectivity index is 2.82. The van der Waals surface area contributed by atoms with Crippen LogP contribution in [-0.2, 0) is 0 Å². The van der Waals surface area contributed by atoms with Crippen LogP contribution < -0.4 is 5.73 Å². The molecule has 68 valence electrons. The average molecular weight is 167 g/mol. The van der Waals surface area contributed by atoms with Gasteiger partial charge in [-0.2, -0.15) is 0 Å². The zero-order valence-corrected chi connectivity index (χ0v) is 7.80. The highest BCUT2D eigenvalue weighted by Gasteiger charge is 2.23. The summed E-state index contributed by atoms with van der Waals surface area (Å²) in [5.41, 5.74) is 7.78. The van der Waals surface area contributed by atoms with Crippen LogP contribution in [-0.4, -0.2) is 17.3 Å². The van der Waals surface area contributed by atoms with Gasteiger partial charge in [0.2, 0.25) is 0 Å². The second kappa shape index (κ2) is 3.42. The van der Waals surface area contributed by atoms with Crippen LogP contribution in [0.2, 0.25) is 0 Å². The fourth-order valence-electron chi connectivity index (χ4n) is 1.41. The summed E-state index contributed by atoms with van der Waals surface area (Å²) in [6, 6.07) is 0. The summed E-state index contributed by atoms with van der Waals surface area (Å²) < 4.78 is 0. The Morgan fingerprint density at radius 3 is 2.83 bits per heavy atom. The van der Waals surface area contributed by atoms with Gasteiger partial charge in [-0.25, -0.2) is 0 Å². The largest absolute Gasteiger partial charge is 0.394 e. The van der Waals surface area contributed by atoms with Crippen LogP contribution >= 0.6 is 0 Å². The van der Waals surface area contributed by atoms with E-state index in [1.165, 1.54) is 5.57 Å². The predicted molar refractivity (Wildman–Crippen MR) is 50.8 cm³/mol. The third-order valence-corrected chi connectivity index (χ3v) is 2.34. The van der Waals surface area contributed by atoms with Gasteiger partial charge in [0, 0.05) is 0 Å². The topological polar surface area (TPSA) is 46.2 Å². The van der Waals surface area contributed by atoms with Crippen LogP contribution in [0, 0.1) is 0 Å². The van der Waals surface area contributed by atoms with E-state index in [9.17, 15) is 0 Å². The van der Waals surface area contributed by atoms with Gasteiger partial charge in [0.1, 0.15) is 0 Å². The third kappa shape index (κ3) is 1.96. The molecule has 3 N–H and O–H groups in total. The summed E-state index contributed by atoms with van der Waals surface area (Å²) in [5.74, 6) is 0. The number of rotatable bonds is 2. The van der Waals surface area contributed by atoms with Crippen LogP contribution in [0.4, 0.5) is 0 Å². The number of allylic oxidation sites excluding steroid dienone is 3. The number of aliphatic hydroxyl groups is 1. The molecule has 1 unspecified atom stereocenters. The number of nitrogens with two attached hydrogens (primary N) is 1. The zero-order chi connectivity index (χ0) is 9.19. The molecule has 1 rings (SSSR count). The van der Waals surface area contributed by atoms with E-state index >= 15 is 0 Å². The fourth-order valence-corrected chi connectivity index (χ4v) is 1.41. The first-order valence-electron chi connectivity index (χ1n) is 4.34. The molecule has 0 aromatic carbocycles. The maximum atomic E-state index is 9.05. The maximum Gasteiger partial charge on any atom is 0.0647 e. The molecule has 0 saturated heterocycles. The minimum absolute atomic E-state index is 0.0200. The predicted octanol–water partition coefficient (Wildman–Crippen LogP) is 1.36. The molecule has 0 aliphatic heterocycles. The number of hydrogen-bond acceptors (Lipinski definition) is 2. The minimum Gasteiger partial charge on any atom is -0.394 e. The van der Waals surface area contributed by atoms with Crippen LogP contribution in [0.1, 0.15) is 26.7 Å². The average Bonchev–Trinajstić information content (AvgIpc) is 2.05. The molecule has 1 atom stereocenters. The van der Waals surface area contributed by atoms with Crippen LogP contribution in [0.15, 0.2) is 23.3 Å². The highest BCUT2D eigenvalue weighted by atomic mass is 16.3. The molecule has 0 amide bonds. The Kier molecular flexibility index (Phi) is 2.70. The molecule has 0 heterocycles. The molecule has 1 aliphatic carbocycles. The fraction of sp³-hybridized carbons (Fsp3) is 0.600. The van der Waals surface area contributed by atoms with Crippen molar-refractivity contribution < 1.29 is 5.11 Å². The Hall–Kier alpha value is -0.600. The zero-order valence-electron chi connectivity index (χ0n) is 7.80. The molecule has 0 aromatic heterocycles. The van der Waals surface area contributed by atoms with Crippen molar-refractivity contribution in [2.24, 2.45) is 5.73 Å². The Labute approximate surface area is 73.8 Å². The minimum atomic E-state index is -0.532. The van der Waals surface area contributed by atoms with Crippen molar-refractivity contribution in [3.8, 4) is 0 Å². The number of hydrogen-bond donors (Lipinski definition) is 2. The van der Waals surface area contributed by atoms with Gasteiger partial charge in [-0.15, -0.1) is 0 Å². The van der Waals surface area contributed by atoms with E-state index in [0.29, 0.717) is 0 Å². The lowest BCUT2D eigenvalue weighted by atomic mass is 9.86. The van der Waals surface area contributed by atoms with Gasteiger partial charge in [0.05, 0.1) is 12.1 Å². The highest BCUT2D eigenvalue weighted by Crippen LogP contribution is 2.24. The van der Waals surface area contributed by atoms with Crippen molar-refractivity contribution in [1.29, 1.82) is 0 Å². The molecule has 12 heavy (non-hydrogen) atoms. The van der Waals surface area contributed by atoms with Crippen molar-refractivity contribution >= 4 is 0 Å². The smallest absolute Gasteiger partial charge is 0.0647 e. The SMILES string of the molecule is CC1=CCCC(C(C)(N)CO)=C1. The quantitative estimate of drug-likeness (QED) is 0.652. The Morgan fingerprint density at radius 1 is 1.67 bits per heavy atom. The normalized spacial score (nSPS) is 22.7. The van der Waals surface area contributed by atoms with E-state index in [-0.39, 0.29) is 6.61 Å². The van der Waals surface area contributed by atoms with E-state index < -0.39 is 5.54 Å². The van der Waals surface area contributed by atoms with E-state index in [1.54, 1.807) is 0 Å². The lowest BCUT2D eigenvalue weighted by Crippen LogP contribution is -2.42. The maximum absolute atomic E-state index is 9.05. The third-order valence-electron chi connectivity index (χ3n) is 2.34. The van der Waals surface area contributed by atoms with Crippen LogP contribution in [0.3, 0.4) is 0 Å². The molecule has 0 aromatic rings. The number of aliphatic hydroxyl groups excluding tert-OH is 1. The summed E-state index contributed by atoms with van der Waals surface area (Å²) in [6.07, 6.45) is 6.30. The van der Waals surface area contributed by atoms with Gasteiger partial charge in [-0.1, -0.05) is 17.7 Å². The molecule has 1 aliphatic rings. The molecular weight excluding hydrogens is 150 g/mol. The second-order valence-corrected chi connectivity index (χ2v) is 3.73. The molecule has 0 bridgehead atoms. The van der Waals surface area contributed by atoms with Gasteiger partial charge in [0.15, 0.2) is 0 Å². The van der Waals surface area contributed by atoms with E-state index in [2.05, 4.69) is 19.1 Å². The van der Waals surface area contributed by atoms with Crippen molar-refractivity contribution in [1.82, 2.24) is 0 Å². The standard InChI is InChI=1S/C10H17NO/c1-8-4-3-5-9(6-8)10(2,11)7-12/h4,6,12H,3,5,7,11H2,1-2H3. The van der Waals surface area contributed by atoms with Crippen molar-refractivity contribution in [3.05, 3.63) is 23.3 Å². The van der Waals surface area contributed by atoms with Gasteiger partial charge in [0.25, 0.3) is 0 Å². The Bertz CT molecular complexity index is 226. The first-order chi connectivity index (χ1) is 5.56. The van der Waals surface area contributed by atoms with E-state index in [1.807, 2.05) is 6.92 Å². The summed E-state index contributed by atoms with van der Waals surface area (Å²) in [7, 11) is 0. The highest BCUT2D eigenvalue weighted by molar-refractivity contribution is 5.32. The second-order valence-electron chi connectivity index (χ2n) is 3.73. The molecule has 0 saturated carbocycles. The summed E-state index contributed by atoms with van der Waals surface area (Å²) in [5, 5.41) is 9.05. The summed E-state index contributed by atoms with van der Waals surface area (Å²) in [4.78, 5) is 0. The van der Waals surface area contributed by atoms with Gasteiger partial charge in [-0.05, 0) is 32.3 Å². The van der Waals surface area contributed by atoms with Crippen LogP contribution in [0.25, 0.3) is 0 Å². The molecule has 0 spiro atoms. The van der Waals surface area contributed by atoms with E-state index in [4.69, 9.17) is 10.8 Å². The van der Waals surface area contributed by atoms with E-state index in [0.717, 1.165) is 18.4 Å². The van der Waals surface area contributed by atoms with Gasteiger partial charge >= 0.3 is 0 Å². The lowest BCUT2D eigenvalue weighted by Gasteiger charge is -2.27. The van der Waals surface area contributed by atoms with Crippen molar-refractivity contribution in [3.63, 3.8) is 0 Å². The first kappa shape index (κ1) is 9.49. The monoisotopic (exact) mass is 167 g/mol. The van der Waals surface area contributed by atoms with Gasteiger partial charge in [-0.3, -0.25) is 0 Å². The van der Waals surface area contributed by atoms with Crippen molar-refractivity contribution in [2.75, 3.05) is 6.61 Å². The summed E-state index contributed by atoms with van der Waals surface area (Å²) >= 11 is 0. The molecular formula is C10H17NO. The van der Waals surface area contributed by atoms with Gasteiger partial charge < -0.3 is 10.8 Å². The van der Waals surface area contributed by atoms with Crippen LogP contribution in [0.5, 0.6) is 0 Å². The molecule has 0 radical (unpaired) electrons.